The standard InChI is InChI=1S/C17H18F3N3O4S/c1-8-13(16(26)27-2)10(22-14(21-8)12-3-9(18)6-28-12)5-23-7-17(19,20)4-11(23)15(24)25/h3,6,8,11H,4-5,7H2,1-2H3,(H,21,22)(H,24,25). The first-order valence-corrected chi connectivity index (χ1v) is 9.24. The van der Waals surface area contributed by atoms with Gasteiger partial charge in [-0.3, -0.25) is 14.7 Å². The first-order valence-electron chi connectivity index (χ1n) is 8.36. The van der Waals surface area contributed by atoms with Crippen LogP contribution in [0, 0.1) is 5.82 Å². The number of nitrogens with one attached hydrogen (secondary N) is 1. The molecule has 0 saturated carbocycles. The average molecular weight is 417 g/mol. The molecule has 152 valence electrons. The second-order valence-corrected chi connectivity index (χ2v) is 7.52. The van der Waals surface area contributed by atoms with Gasteiger partial charge in [0, 0.05) is 24.0 Å². The van der Waals surface area contributed by atoms with Crippen molar-refractivity contribution < 1.29 is 32.6 Å². The second kappa shape index (κ2) is 7.55. The predicted molar refractivity (Wildman–Crippen MR) is 95.0 cm³/mol. The number of halogens is 3. The number of amidine groups is 1. The molecule has 2 aliphatic heterocycles. The van der Waals surface area contributed by atoms with Crippen LogP contribution in [0.5, 0.6) is 0 Å². The van der Waals surface area contributed by atoms with Gasteiger partial charge in [-0.25, -0.2) is 18.0 Å². The number of methoxy groups -OCH3 is 1. The highest BCUT2D eigenvalue weighted by atomic mass is 32.1. The summed E-state index contributed by atoms with van der Waals surface area (Å²) < 4.78 is 45.8. The summed E-state index contributed by atoms with van der Waals surface area (Å²) in [6, 6.07) is -0.816. The Morgan fingerprint density at radius 3 is 2.79 bits per heavy atom. The van der Waals surface area contributed by atoms with Gasteiger partial charge in [0.25, 0.3) is 5.92 Å². The maximum Gasteiger partial charge on any atom is 0.337 e. The van der Waals surface area contributed by atoms with Gasteiger partial charge in [-0.2, -0.15) is 0 Å². The van der Waals surface area contributed by atoms with Gasteiger partial charge in [0.15, 0.2) is 0 Å². The van der Waals surface area contributed by atoms with Crippen LogP contribution in [0.2, 0.25) is 0 Å². The Morgan fingerprint density at radius 1 is 1.50 bits per heavy atom. The lowest BCUT2D eigenvalue weighted by Crippen LogP contribution is -2.44. The molecule has 2 atom stereocenters. The van der Waals surface area contributed by atoms with E-state index in [0.717, 1.165) is 16.2 Å². The van der Waals surface area contributed by atoms with Crippen molar-refractivity contribution in [3.05, 3.63) is 33.4 Å². The number of hydrogen-bond acceptors (Lipinski definition) is 7. The van der Waals surface area contributed by atoms with Crippen LogP contribution in [0.15, 0.2) is 27.7 Å². The fraction of sp³-hybridized carbons (Fsp3) is 0.471. The summed E-state index contributed by atoms with van der Waals surface area (Å²) in [6.45, 7) is 0.622. The number of thiophene rings is 1. The quantitative estimate of drug-likeness (QED) is 0.711. The number of ether oxygens (including phenoxy) is 1. The van der Waals surface area contributed by atoms with E-state index in [1.165, 1.54) is 18.6 Å². The minimum absolute atomic E-state index is 0.114. The molecule has 0 bridgehead atoms. The molecular weight excluding hydrogens is 399 g/mol. The molecular formula is C17H18F3N3O4S. The van der Waals surface area contributed by atoms with Gasteiger partial charge in [-0.05, 0) is 13.0 Å². The number of carboxylic acids is 1. The number of nitrogens with zero attached hydrogens (tertiary/aromatic N) is 2. The van der Waals surface area contributed by atoms with E-state index < -0.39 is 48.7 Å². The minimum atomic E-state index is -3.15. The number of rotatable bonds is 5. The summed E-state index contributed by atoms with van der Waals surface area (Å²) in [5.41, 5.74) is 0.324. The van der Waals surface area contributed by atoms with Crippen LogP contribution in [0.25, 0.3) is 0 Å². The largest absolute Gasteiger partial charge is 0.480 e. The lowest BCUT2D eigenvalue weighted by atomic mass is 10.0. The SMILES string of the molecule is COC(=O)C1=C(CN2CC(F)(F)CC2C(=O)O)NC(c2cc(F)cs2)=NC1C. The number of esters is 1. The molecule has 28 heavy (non-hydrogen) atoms. The molecule has 3 rings (SSSR count). The molecule has 0 spiro atoms. The van der Waals surface area contributed by atoms with Crippen molar-refractivity contribution in [3.8, 4) is 0 Å². The normalized spacial score (nSPS) is 24.7. The van der Waals surface area contributed by atoms with E-state index in [0.29, 0.717) is 4.88 Å². The number of aliphatic carboxylic acids is 1. The maximum atomic E-state index is 13.8. The molecule has 2 unspecified atom stereocenters. The topological polar surface area (TPSA) is 91.2 Å². The van der Waals surface area contributed by atoms with Crippen molar-refractivity contribution in [1.82, 2.24) is 10.2 Å². The summed E-state index contributed by atoms with van der Waals surface area (Å²) in [4.78, 5) is 29.5. The van der Waals surface area contributed by atoms with E-state index in [2.05, 4.69) is 10.3 Å². The summed E-state index contributed by atoms with van der Waals surface area (Å²) in [5.74, 6) is -5.39. The fourth-order valence-corrected chi connectivity index (χ4v) is 4.04. The molecule has 0 radical (unpaired) electrons. The molecule has 0 amide bonds. The van der Waals surface area contributed by atoms with Gasteiger partial charge in [-0.15, -0.1) is 11.3 Å². The van der Waals surface area contributed by atoms with Gasteiger partial charge in [-0.1, -0.05) is 0 Å². The Morgan fingerprint density at radius 2 is 2.21 bits per heavy atom. The van der Waals surface area contributed by atoms with E-state index in [-0.39, 0.29) is 23.7 Å². The van der Waals surface area contributed by atoms with Crippen molar-refractivity contribution in [2.75, 3.05) is 20.2 Å². The molecule has 2 aliphatic rings. The third kappa shape index (κ3) is 4.04. The Balaban J connectivity index is 1.93. The molecule has 7 nitrogen and oxygen atoms in total. The highest BCUT2D eigenvalue weighted by molar-refractivity contribution is 7.12. The van der Waals surface area contributed by atoms with Crippen LogP contribution in [0.4, 0.5) is 13.2 Å². The molecule has 1 saturated heterocycles. The summed E-state index contributed by atoms with van der Waals surface area (Å²) in [5, 5.41) is 13.5. The Hall–Kier alpha value is -2.40. The number of likely N-dealkylation sites (tertiary alicyclic amines) is 1. The Kier molecular flexibility index (Phi) is 5.48. The first kappa shape index (κ1) is 20.3. The van der Waals surface area contributed by atoms with E-state index >= 15 is 0 Å². The van der Waals surface area contributed by atoms with Crippen LogP contribution >= 0.6 is 11.3 Å². The van der Waals surface area contributed by atoms with Gasteiger partial charge in [0.05, 0.1) is 30.1 Å². The van der Waals surface area contributed by atoms with Crippen molar-refractivity contribution in [3.63, 3.8) is 0 Å². The van der Waals surface area contributed by atoms with Crippen LogP contribution < -0.4 is 5.32 Å². The summed E-state index contributed by atoms with van der Waals surface area (Å²) in [6.07, 6.45) is -0.810. The van der Waals surface area contributed by atoms with Gasteiger partial charge >= 0.3 is 11.9 Å². The van der Waals surface area contributed by atoms with E-state index in [1.807, 2.05) is 0 Å². The molecule has 1 aromatic heterocycles. The number of alkyl halides is 2. The number of hydrogen-bond donors (Lipinski definition) is 2. The van der Waals surface area contributed by atoms with Gasteiger partial charge < -0.3 is 15.2 Å². The first-order chi connectivity index (χ1) is 13.1. The van der Waals surface area contributed by atoms with E-state index in [4.69, 9.17) is 4.74 Å². The van der Waals surface area contributed by atoms with Crippen molar-refractivity contribution >= 4 is 29.1 Å². The summed E-state index contributed by atoms with van der Waals surface area (Å²) >= 11 is 1.09. The zero-order valence-corrected chi connectivity index (χ0v) is 15.9. The van der Waals surface area contributed by atoms with Crippen molar-refractivity contribution in [1.29, 1.82) is 0 Å². The third-order valence-electron chi connectivity index (χ3n) is 4.55. The van der Waals surface area contributed by atoms with Crippen molar-refractivity contribution in [2.24, 2.45) is 4.99 Å². The number of carbonyl (C=O) groups is 2. The van der Waals surface area contributed by atoms with Crippen LogP contribution in [0.3, 0.4) is 0 Å². The molecule has 1 aromatic rings. The monoisotopic (exact) mass is 417 g/mol. The van der Waals surface area contributed by atoms with E-state index in [9.17, 15) is 27.9 Å². The smallest absolute Gasteiger partial charge is 0.337 e. The Labute approximate surface area is 162 Å². The Bertz CT molecular complexity index is 868. The molecule has 2 N–H and O–H groups in total. The van der Waals surface area contributed by atoms with Gasteiger partial charge in [0.1, 0.15) is 17.7 Å². The molecule has 3 heterocycles. The molecule has 0 aliphatic carbocycles. The molecule has 11 heteroatoms. The average Bonchev–Trinajstić information content (AvgIpc) is 3.16. The van der Waals surface area contributed by atoms with Crippen LogP contribution in [0.1, 0.15) is 18.2 Å². The highest BCUT2D eigenvalue weighted by Gasteiger charge is 2.48. The number of aliphatic imine (C=N–C) groups is 1. The fourth-order valence-electron chi connectivity index (χ4n) is 3.34. The molecule has 1 fully saturated rings. The lowest BCUT2D eigenvalue weighted by Gasteiger charge is -2.29. The minimum Gasteiger partial charge on any atom is -0.480 e. The lowest BCUT2D eigenvalue weighted by molar-refractivity contribution is -0.142. The van der Waals surface area contributed by atoms with Crippen molar-refractivity contribution in [2.45, 2.75) is 31.4 Å². The second-order valence-electron chi connectivity index (χ2n) is 6.61. The third-order valence-corrected chi connectivity index (χ3v) is 5.46. The highest BCUT2D eigenvalue weighted by Crippen LogP contribution is 2.33. The number of carbonyl (C=O) groups excluding carboxylic acids is 1. The molecule has 0 aromatic carbocycles. The summed E-state index contributed by atoms with van der Waals surface area (Å²) in [7, 11) is 1.18. The zero-order chi connectivity index (χ0) is 20.6. The maximum absolute atomic E-state index is 13.8. The van der Waals surface area contributed by atoms with E-state index in [1.54, 1.807) is 6.92 Å². The number of carboxylic acid groups (broad SMARTS) is 1. The van der Waals surface area contributed by atoms with Gasteiger partial charge in [0.2, 0.25) is 0 Å². The van der Waals surface area contributed by atoms with Crippen LogP contribution in [-0.2, 0) is 14.3 Å². The predicted octanol–water partition coefficient (Wildman–Crippen LogP) is 1.85. The van der Waals surface area contributed by atoms with Crippen LogP contribution in [-0.4, -0.2) is 66.0 Å². The zero-order valence-electron chi connectivity index (χ0n) is 15.0.